The van der Waals surface area contributed by atoms with E-state index in [0.29, 0.717) is 11.5 Å². The molecular weight excluding hydrogens is 234 g/mol. The number of aromatic amines is 1. The van der Waals surface area contributed by atoms with E-state index in [-0.39, 0.29) is 18.0 Å². The summed E-state index contributed by atoms with van der Waals surface area (Å²) in [6.45, 7) is 1.72. The molecule has 0 spiro atoms. The maximum atomic E-state index is 11.7. The van der Waals surface area contributed by atoms with E-state index in [2.05, 4.69) is 15.5 Å². The lowest BCUT2D eigenvalue weighted by Crippen LogP contribution is -2.27. The van der Waals surface area contributed by atoms with Crippen molar-refractivity contribution in [3.05, 3.63) is 40.4 Å². The Morgan fingerprint density at radius 2 is 2.33 bits per heavy atom. The van der Waals surface area contributed by atoms with Crippen molar-refractivity contribution in [2.45, 2.75) is 13.5 Å². The van der Waals surface area contributed by atoms with Crippen LogP contribution >= 0.6 is 0 Å². The maximum Gasteiger partial charge on any atom is 0.251 e. The molecule has 0 saturated carbocycles. The molecule has 0 aromatic carbocycles. The van der Waals surface area contributed by atoms with Crippen LogP contribution in [0.25, 0.3) is 0 Å². The van der Waals surface area contributed by atoms with Crippen LogP contribution in [0.3, 0.4) is 0 Å². The molecule has 2 aromatic heterocycles. The number of aromatic nitrogens is 3. The molecule has 0 radical (unpaired) electrons. The smallest absolute Gasteiger partial charge is 0.251 e. The lowest BCUT2D eigenvalue weighted by atomic mass is 10.4. The number of aryl methyl sites for hydroxylation is 1. The Morgan fingerprint density at radius 1 is 1.56 bits per heavy atom. The SMILES string of the molecule is Cc1cc(NC(=O)Cn2cc(N)ccc2=O)n[nH]1. The molecule has 0 bridgehead atoms. The van der Waals surface area contributed by atoms with Crippen molar-refractivity contribution in [3.63, 3.8) is 0 Å². The lowest BCUT2D eigenvalue weighted by Gasteiger charge is -2.05. The van der Waals surface area contributed by atoms with Crippen molar-refractivity contribution in [3.8, 4) is 0 Å². The first-order valence-corrected chi connectivity index (χ1v) is 5.32. The summed E-state index contributed by atoms with van der Waals surface area (Å²) in [5, 5.41) is 9.15. The summed E-state index contributed by atoms with van der Waals surface area (Å²) in [6, 6.07) is 4.51. The number of nitrogens with one attached hydrogen (secondary N) is 2. The second-order valence-corrected chi connectivity index (χ2v) is 3.91. The minimum atomic E-state index is -0.339. The first-order chi connectivity index (χ1) is 8.54. The summed E-state index contributed by atoms with van der Waals surface area (Å²) >= 11 is 0. The van der Waals surface area contributed by atoms with Gasteiger partial charge >= 0.3 is 0 Å². The first kappa shape index (κ1) is 11.9. The topological polar surface area (TPSA) is 106 Å². The number of H-pyrrole nitrogens is 1. The van der Waals surface area contributed by atoms with Crippen molar-refractivity contribution in [2.75, 3.05) is 11.1 Å². The van der Waals surface area contributed by atoms with Crippen molar-refractivity contribution in [2.24, 2.45) is 0 Å². The van der Waals surface area contributed by atoms with Crippen molar-refractivity contribution in [1.82, 2.24) is 14.8 Å². The fourth-order valence-corrected chi connectivity index (χ4v) is 1.49. The molecule has 0 aliphatic heterocycles. The Balaban J connectivity index is 2.07. The highest BCUT2D eigenvalue weighted by atomic mass is 16.2. The number of rotatable bonds is 3. The van der Waals surface area contributed by atoms with E-state index in [1.165, 1.54) is 22.9 Å². The van der Waals surface area contributed by atoms with Crippen LogP contribution in [0.1, 0.15) is 5.69 Å². The van der Waals surface area contributed by atoms with Crippen molar-refractivity contribution >= 4 is 17.4 Å². The van der Waals surface area contributed by atoms with E-state index in [0.717, 1.165) is 5.69 Å². The highest BCUT2D eigenvalue weighted by Gasteiger charge is 2.07. The van der Waals surface area contributed by atoms with Crippen LogP contribution in [0, 0.1) is 6.92 Å². The predicted octanol–water partition coefficient (Wildman–Crippen LogP) is 0.101. The van der Waals surface area contributed by atoms with Crippen molar-refractivity contribution < 1.29 is 4.79 Å². The van der Waals surface area contributed by atoms with E-state index in [1.54, 1.807) is 6.07 Å². The number of hydrogen-bond donors (Lipinski definition) is 3. The molecule has 2 heterocycles. The highest BCUT2D eigenvalue weighted by Crippen LogP contribution is 2.03. The van der Waals surface area contributed by atoms with Gasteiger partial charge in [-0.2, -0.15) is 5.10 Å². The monoisotopic (exact) mass is 247 g/mol. The van der Waals surface area contributed by atoms with Crippen LogP contribution in [-0.2, 0) is 11.3 Å². The number of amides is 1. The van der Waals surface area contributed by atoms with Crippen LogP contribution in [0.4, 0.5) is 11.5 Å². The molecule has 18 heavy (non-hydrogen) atoms. The van der Waals surface area contributed by atoms with Gasteiger partial charge in [-0.1, -0.05) is 0 Å². The van der Waals surface area contributed by atoms with E-state index in [9.17, 15) is 9.59 Å². The zero-order valence-electron chi connectivity index (χ0n) is 9.80. The van der Waals surface area contributed by atoms with Gasteiger partial charge in [0.1, 0.15) is 6.54 Å². The van der Waals surface area contributed by atoms with Gasteiger partial charge in [-0.15, -0.1) is 0 Å². The molecule has 0 fully saturated rings. The van der Waals surface area contributed by atoms with Crippen LogP contribution in [0.2, 0.25) is 0 Å². The second kappa shape index (κ2) is 4.74. The maximum absolute atomic E-state index is 11.7. The van der Waals surface area contributed by atoms with Gasteiger partial charge in [0.15, 0.2) is 5.82 Å². The molecule has 94 valence electrons. The van der Waals surface area contributed by atoms with Crippen LogP contribution in [0.15, 0.2) is 29.2 Å². The fraction of sp³-hybridized carbons (Fsp3) is 0.182. The zero-order valence-corrected chi connectivity index (χ0v) is 9.80. The van der Waals surface area contributed by atoms with Crippen LogP contribution in [0.5, 0.6) is 0 Å². The molecule has 2 rings (SSSR count). The van der Waals surface area contributed by atoms with Gasteiger partial charge in [0.2, 0.25) is 5.91 Å². The number of carbonyl (C=O) groups excluding carboxylic acids is 1. The molecule has 0 unspecified atom stereocenters. The Labute approximate surface area is 103 Å². The summed E-state index contributed by atoms with van der Waals surface area (Å²) in [6.07, 6.45) is 1.43. The molecule has 0 atom stereocenters. The zero-order chi connectivity index (χ0) is 13.1. The molecule has 2 aromatic rings. The van der Waals surface area contributed by atoms with Crippen LogP contribution < -0.4 is 16.6 Å². The highest BCUT2D eigenvalue weighted by molar-refractivity contribution is 5.89. The van der Waals surface area contributed by atoms with E-state index < -0.39 is 0 Å². The standard InChI is InChI=1S/C11H13N5O2/c1-7-4-9(15-14-7)13-10(17)6-16-5-8(12)2-3-11(16)18/h2-5H,6,12H2,1H3,(H2,13,14,15,17). The minimum Gasteiger partial charge on any atom is -0.398 e. The number of hydrogen-bond acceptors (Lipinski definition) is 4. The average molecular weight is 247 g/mol. The molecule has 0 saturated heterocycles. The number of anilines is 2. The van der Waals surface area contributed by atoms with E-state index in [1.807, 2.05) is 6.92 Å². The molecule has 7 nitrogen and oxygen atoms in total. The van der Waals surface area contributed by atoms with Gasteiger partial charge in [-0.25, -0.2) is 0 Å². The van der Waals surface area contributed by atoms with E-state index >= 15 is 0 Å². The summed E-state index contributed by atoms with van der Waals surface area (Å²) in [5.41, 5.74) is 6.54. The summed E-state index contributed by atoms with van der Waals surface area (Å²) < 4.78 is 1.24. The average Bonchev–Trinajstić information content (AvgIpc) is 2.69. The largest absolute Gasteiger partial charge is 0.398 e. The number of pyridine rings is 1. The molecule has 0 aliphatic rings. The van der Waals surface area contributed by atoms with Gasteiger partial charge in [0.25, 0.3) is 5.56 Å². The Kier molecular flexibility index (Phi) is 3.13. The Bertz CT molecular complexity index is 628. The van der Waals surface area contributed by atoms with E-state index in [4.69, 9.17) is 5.73 Å². The lowest BCUT2D eigenvalue weighted by molar-refractivity contribution is -0.116. The third-order valence-corrected chi connectivity index (χ3v) is 2.29. The molecule has 7 heteroatoms. The molecular formula is C11H13N5O2. The molecule has 1 amide bonds. The summed E-state index contributed by atoms with van der Waals surface area (Å²) in [7, 11) is 0. The minimum absolute atomic E-state index is 0.101. The van der Waals surface area contributed by atoms with Gasteiger partial charge in [-0.3, -0.25) is 14.7 Å². The second-order valence-electron chi connectivity index (χ2n) is 3.91. The first-order valence-electron chi connectivity index (χ1n) is 5.32. The number of nitrogen functional groups attached to an aromatic ring is 1. The summed E-state index contributed by atoms with van der Waals surface area (Å²) in [4.78, 5) is 23.2. The predicted molar refractivity (Wildman–Crippen MR) is 67.1 cm³/mol. The van der Waals surface area contributed by atoms with Gasteiger partial charge in [0.05, 0.1) is 0 Å². The third-order valence-electron chi connectivity index (χ3n) is 2.29. The van der Waals surface area contributed by atoms with Gasteiger partial charge in [0, 0.05) is 29.7 Å². The Morgan fingerprint density at radius 3 is 3.00 bits per heavy atom. The number of nitrogens with two attached hydrogens (primary N) is 1. The molecule has 0 aliphatic carbocycles. The summed E-state index contributed by atoms with van der Waals surface area (Å²) in [5.74, 6) is 0.0867. The third kappa shape index (κ3) is 2.76. The normalized spacial score (nSPS) is 10.3. The van der Waals surface area contributed by atoms with Gasteiger partial charge in [-0.05, 0) is 13.0 Å². The quantitative estimate of drug-likeness (QED) is 0.715. The molecule has 4 N–H and O–H groups in total. The van der Waals surface area contributed by atoms with Crippen LogP contribution in [-0.4, -0.2) is 20.7 Å². The Hall–Kier alpha value is -2.57. The number of carbonyl (C=O) groups is 1. The number of nitrogens with zero attached hydrogens (tertiary/aromatic N) is 2. The van der Waals surface area contributed by atoms with Gasteiger partial charge < -0.3 is 15.6 Å². The van der Waals surface area contributed by atoms with Crippen molar-refractivity contribution in [1.29, 1.82) is 0 Å². The fourth-order valence-electron chi connectivity index (χ4n) is 1.49.